The first-order chi connectivity index (χ1) is 12.6. The lowest BCUT2D eigenvalue weighted by atomic mass is 10.2. The van der Waals surface area contributed by atoms with Crippen LogP contribution in [0.25, 0.3) is 10.9 Å². The molecule has 0 aliphatic carbocycles. The van der Waals surface area contributed by atoms with E-state index in [0.29, 0.717) is 16.3 Å². The highest BCUT2D eigenvalue weighted by Gasteiger charge is 2.42. The zero-order valence-electron chi connectivity index (χ0n) is 15.3. The number of carbonyl (C=O) groups excluding carboxylic acids is 1. The number of rotatable bonds is 3. The molecule has 0 saturated carbocycles. The topological polar surface area (TPSA) is 89.0 Å². The van der Waals surface area contributed by atoms with Gasteiger partial charge < -0.3 is 14.6 Å². The predicted molar refractivity (Wildman–Crippen MR) is 100 cm³/mol. The average molecular weight is 393 g/mol. The van der Waals surface area contributed by atoms with Gasteiger partial charge in [-0.05, 0) is 45.0 Å². The maximum atomic E-state index is 12.4. The molecule has 1 aromatic carbocycles. The van der Waals surface area contributed by atoms with Gasteiger partial charge in [-0.25, -0.2) is 9.59 Å². The Bertz CT molecular complexity index is 880. The summed E-state index contributed by atoms with van der Waals surface area (Å²) in [6.45, 7) is 5.33. The Morgan fingerprint density at radius 1 is 1.30 bits per heavy atom. The smallest absolute Gasteiger partial charge is 0.411 e. The van der Waals surface area contributed by atoms with Gasteiger partial charge in [0.25, 0.3) is 0 Å². The minimum atomic E-state index is -1.08. The van der Waals surface area contributed by atoms with E-state index < -0.39 is 29.8 Å². The molecule has 1 fully saturated rings. The van der Waals surface area contributed by atoms with Crippen LogP contribution in [-0.4, -0.2) is 51.3 Å². The second kappa shape index (κ2) is 7.23. The highest BCUT2D eigenvalue weighted by Crippen LogP contribution is 2.30. The van der Waals surface area contributed by atoms with Crippen LogP contribution in [0.15, 0.2) is 30.5 Å². The number of hydrogen-bond acceptors (Lipinski definition) is 5. The Labute approximate surface area is 161 Å². The molecule has 1 aromatic heterocycles. The van der Waals surface area contributed by atoms with E-state index in [0.717, 1.165) is 5.39 Å². The van der Waals surface area contributed by atoms with Crippen LogP contribution in [0.2, 0.25) is 5.02 Å². The first-order valence-corrected chi connectivity index (χ1v) is 8.95. The van der Waals surface area contributed by atoms with Gasteiger partial charge in [-0.2, -0.15) is 0 Å². The van der Waals surface area contributed by atoms with Gasteiger partial charge in [-0.3, -0.25) is 9.88 Å². The zero-order chi connectivity index (χ0) is 19.8. The van der Waals surface area contributed by atoms with E-state index in [9.17, 15) is 14.7 Å². The van der Waals surface area contributed by atoms with E-state index in [-0.39, 0.29) is 13.0 Å². The number of fused-ring (bicyclic) bond motifs is 1. The average Bonchev–Trinajstić information content (AvgIpc) is 2.97. The number of halogens is 1. The number of carbonyl (C=O) groups is 2. The van der Waals surface area contributed by atoms with Crippen molar-refractivity contribution in [3.63, 3.8) is 0 Å². The number of nitrogens with zero attached hydrogens (tertiary/aromatic N) is 2. The molecular formula is C19H21ClN2O5. The summed E-state index contributed by atoms with van der Waals surface area (Å²) in [5.41, 5.74) is -0.0311. The number of hydrogen-bond donors (Lipinski definition) is 1. The normalized spacial score (nSPS) is 19.9. The van der Waals surface area contributed by atoms with E-state index in [1.165, 1.54) is 4.90 Å². The van der Waals surface area contributed by atoms with Crippen LogP contribution < -0.4 is 4.74 Å². The van der Waals surface area contributed by atoms with Gasteiger partial charge in [0.2, 0.25) is 0 Å². The lowest BCUT2D eigenvalue weighted by Crippen LogP contribution is -2.43. The summed E-state index contributed by atoms with van der Waals surface area (Å²) in [6, 6.07) is 5.98. The monoisotopic (exact) mass is 392 g/mol. The van der Waals surface area contributed by atoms with E-state index in [4.69, 9.17) is 21.1 Å². The molecule has 2 heterocycles. The van der Waals surface area contributed by atoms with Crippen LogP contribution in [0.1, 0.15) is 27.2 Å². The lowest BCUT2D eigenvalue weighted by Gasteiger charge is -2.26. The molecule has 1 aliphatic rings. The standard InChI is InChI=1S/C19H21ClN2O5/c1-19(2,3)27-18(25)22-10-12(9-15(22)17(23)24)26-16-6-7-21-14-8-11(20)4-5-13(14)16/h4-8,12,15H,9-10H2,1-3H3,(H,23,24)/t12?,15-/m0/s1. The fourth-order valence-corrected chi connectivity index (χ4v) is 3.18. The Morgan fingerprint density at radius 3 is 2.70 bits per heavy atom. The molecule has 27 heavy (non-hydrogen) atoms. The van der Waals surface area contributed by atoms with Gasteiger partial charge in [0.05, 0.1) is 12.1 Å². The van der Waals surface area contributed by atoms with Crippen molar-refractivity contribution in [2.75, 3.05) is 6.54 Å². The second-order valence-electron chi connectivity index (χ2n) is 7.43. The van der Waals surface area contributed by atoms with Crippen molar-refractivity contribution in [1.82, 2.24) is 9.88 Å². The molecule has 1 aliphatic heterocycles. The third kappa shape index (κ3) is 4.42. The number of likely N-dealkylation sites (tertiary alicyclic amines) is 1. The van der Waals surface area contributed by atoms with E-state index in [1.54, 1.807) is 51.2 Å². The Kier molecular flexibility index (Phi) is 5.15. The summed E-state index contributed by atoms with van der Waals surface area (Å²) in [6.07, 6.45) is 0.641. The molecule has 7 nitrogen and oxygen atoms in total. The van der Waals surface area contributed by atoms with Crippen LogP contribution in [-0.2, 0) is 9.53 Å². The minimum Gasteiger partial charge on any atom is -0.488 e. The third-order valence-corrected chi connectivity index (χ3v) is 4.37. The highest BCUT2D eigenvalue weighted by molar-refractivity contribution is 6.31. The van der Waals surface area contributed by atoms with Gasteiger partial charge in [-0.1, -0.05) is 11.6 Å². The molecule has 1 N–H and O–H groups in total. The number of pyridine rings is 1. The SMILES string of the molecule is CC(C)(C)OC(=O)N1CC(Oc2ccnc3cc(Cl)ccc23)C[C@H]1C(=O)O. The fraction of sp³-hybridized carbons (Fsp3) is 0.421. The quantitative estimate of drug-likeness (QED) is 0.856. The Balaban J connectivity index is 1.81. The van der Waals surface area contributed by atoms with Crippen LogP contribution >= 0.6 is 11.6 Å². The molecule has 0 spiro atoms. The summed E-state index contributed by atoms with van der Waals surface area (Å²) < 4.78 is 11.4. The molecule has 0 radical (unpaired) electrons. The third-order valence-electron chi connectivity index (χ3n) is 4.13. The number of ether oxygens (including phenoxy) is 2. The molecule has 2 aromatic rings. The van der Waals surface area contributed by atoms with Crippen LogP contribution in [0.5, 0.6) is 5.75 Å². The lowest BCUT2D eigenvalue weighted by molar-refractivity contribution is -0.142. The largest absolute Gasteiger partial charge is 0.488 e. The number of carboxylic acid groups (broad SMARTS) is 1. The number of amides is 1. The summed E-state index contributed by atoms with van der Waals surface area (Å²) >= 11 is 6.00. The van der Waals surface area contributed by atoms with Gasteiger partial charge in [0.15, 0.2) is 0 Å². The Morgan fingerprint density at radius 2 is 2.04 bits per heavy atom. The number of aromatic nitrogens is 1. The fourth-order valence-electron chi connectivity index (χ4n) is 3.02. The zero-order valence-corrected chi connectivity index (χ0v) is 16.1. The van der Waals surface area contributed by atoms with Gasteiger partial charge >= 0.3 is 12.1 Å². The molecule has 1 unspecified atom stereocenters. The van der Waals surface area contributed by atoms with Crippen molar-refractivity contribution in [3.05, 3.63) is 35.5 Å². The first kappa shape index (κ1) is 19.2. The van der Waals surface area contributed by atoms with Gasteiger partial charge in [-0.15, -0.1) is 0 Å². The van der Waals surface area contributed by atoms with Gasteiger partial charge in [0, 0.05) is 23.0 Å². The molecule has 144 valence electrons. The minimum absolute atomic E-state index is 0.128. The summed E-state index contributed by atoms with van der Waals surface area (Å²) in [7, 11) is 0. The predicted octanol–water partition coefficient (Wildman–Crippen LogP) is 3.73. The van der Waals surface area contributed by atoms with Crippen molar-refractivity contribution in [2.45, 2.75) is 44.9 Å². The summed E-state index contributed by atoms with van der Waals surface area (Å²) in [5, 5.41) is 10.8. The highest BCUT2D eigenvalue weighted by atomic mass is 35.5. The van der Waals surface area contributed by atoms with Gasteiger partial charge in [0.1, 0.15) is 23.5 Å². The van der Waals surface area contributed by atoms with E-state index in [2.05, 4.69) is 4.98 Å². The van der Waals surface area contributed by atoms with Crippen molar-refractivity contribution < 1.29 is 24.2 Å². The number of aliphatic carboxylic acids is 1. The summed E-state index contributed by atoms with van der Waals surface area (Å²) in [4.78, 5) is 29.5. The van der Waals surface area contributed by atoms with Crippen molar-refractivity contribution >= 4 is 34.6 Å². The molecule has 1 saturated heterocycles. The second-order valence-corrected chi connectivity index (χ2v) is 7.87. The molecule has 1 amide bonds. The maximum Gasteiger partial charge on any atom is 0.411 e. The first-order valence-electron chi connectivity index (χ1n) is 8.57. The molecule has 3 rings (SSSR count). The molecular weight excluding hydrogens is 372 g/mol. The molecule has 8 heteroatoms. The van der Waals surface area contributed by atoms with Crippen LogP contribution in [0, 0.1) is 0 Å². The van der Waals surface area contributed by atoms with Crippen LogP contribution in [0.3, 0.4) is 0 Å². The maximum absolute atomic E-state index is 12.4. The molecule has 0 bridgehead atoms. The van der Waals surface area contributed by atoms with Crippen molar-refractivity contribution in [1.29, 1.82) is 0 Å². The number of carboxylic acids is 1. The van der Waals surface area contributed by atoms with Crippen molar-refractivity contribution in [2.24, 2.45) is 0 Å². The van der Waals surface area contributed by atoms with Crippen LogP contribution in [0.4, 0.5) is 4.79 Å². The van der Waals surface area contributed by atoms with E-state index >= 15 is 0 Å². The van der Waals surface area contributed by atoms with E-state index in [1.807, 2.05) is 0 Å². The Hall–Kier alpha value is -2.54. The molecule has 2 atom stereocenters. The number of benzene rings is 1. The summed E-state index contributed by atoms with van der Waals surface area (Å²) in [5.74, 6) is -0.518. The van der Waals surface area contributed by atoms with Crippen molar-refractivity contribution in [3.8, 4) is 5.75 Å².